The molecule has 0 fully saturated rings. The monoisotopic (exact) mass is 260 g/mol. The van der Waals surface area contributed by atoms with Gasteiger partial charge in [0.2, 0.25) is 0 Å². The van der Waals surface area contributed by atoms with Crippen LogP contribution in [0.2, 0.25) is 0 Å². The second-order valence-electron chi connectivity index (χ2n) is 5.02. The van der Waals surface area contributed by atoms with Crippen molar-refractivity contribution in [3.63, 3.8) is 0 Å². The van der Waals surface area contributed by atoms with Crippen molar-refractivity contribution in [1.29, 1.82) is 0 Å². The number of phenolic OH excluding ortho intramolecular Hbond substituents is 1. The molecule has 2 rings (SSSR count). The molecule has 1 aromatic heterocycles. The largest absolute Gasteiger partial charge is 0.508 e. The number of rotatable bonds is 3. The van der Waals surface area contributed by atoms with E-state index in [2.05, 4.69) is 13.8 Å². The fourth-order valence-electron chi connectivity index (χ4n) is 2.36. The molecule has 2 aromatic rings. The van der Waals surface area contributed by atoms with Gasteiger partial charge in [0, 0.05) is 17.0 Å². The van der Waals surface area contributed by atoms with Gasteiger partial charge in [-0.3, -0.25) is 4.79 Å². The van der Waals surface area contributed by atoms with E-state index in [9.17, 15) is 9.90 Å². The SMILES string of the molecule is CCc1c(C(C)CC)oc2c(C)c(O)ccc2c1=O. The Labute approximate surface area is 112 Å². The predicted octanol–water partition coefficient (Wildman–Crippen LogP) is 3.88. The van der Waals surface area contributed by atoms with Gasteiger partial charge in [0.25, 0.3) is 0 Å². The van der Waals surface area contributed by atoms with Crippen LogP contribution in [0.3, 0.4) is 0 Å². The highest BCUT2D eigenvalue weighted by molar-refractivity contribution is 5.82. The molecule has 1 atom stereocenters. The summed E-state index contributed by atoms with van der Waals surface area (Å²) < 4.78 is 5.97. The third kappa shape index (κ3) is 2.14. The Morgan fingerprint density at radius 2 is 2.00 bits per heavy atom. The van der Waals surface area contributed by atoms with Crippen LogP contribution in [-0.4, -0.2) is 5.11 Å². The number of hydrogen-bond acceptors (Lipinski definition) is 3. The molecule has 0 aliphatic carbocycles. The second-order valence-corrected chi connectivity index (χ2v) is 5.02. The first-order chi connectivity index (χ1) is 9.01. The quantitative estimate of drug-likeness (QED) is 0.911. The van der Waals surface area contributed by atoms with Gasteiger partial charge < -0.3 is 9.52 Å². The maximum absolute atomic E-state index is 12.5. The van der Waals surface area contributed by atoms with E-state index < -0.39 is 0 Å². The number of aryl methyl sites for hydroxylation is 1. The van der Waals surface area contributed by atoms with Crippen molar-refractivity contribution in [2.45, 2.75) is 46.5 Å². The Bertz CT molecular complexity index is 668. The molecular weight excluding hydrogens is 240 g/mol. The fraction of sp³-hybridized carbons (Fsp3) is 0.438. The first kappa shape index (κ1) is 13.7. The zero-order valence-electron chi connectivity index (χ0n) is 11.9. The average molecular weight is 260 g/mol. The third-order valence-corrected chi connectivity index (χ3v) is 3.82. The van der Waals surface area contributed by atoms with E-state index in [1.807, 2.05) is 6.92 Å². The van der Waals surface area contributed by atoms with Gasteiger partial charge in [-0.15, -0.1) is 0 Å². The number of benzene rings is 1. The van der Waals surface area contributed by atoms with Crippen LogP contribution < -0.4 is 5.43 Å². The van der Waals surface area contributed by atoms with Crippen molar-refractivity contribution < 1.29 is 9.52 Å². The molecule has 1 aromatic carbocycles. The average Bonchev–Trinajstić information content (AvgIpc) is 2.42. The van der Waals surface area contributed by atoms with Crippen molar-refractivity contribution in [2.75, 3.05) is 0 Å². The lowest BCUT2D eigenvalue weighted by atomic mass is 9.97. The lowest BCUT2D eigenvalue weighted by molar-refractivity contribution is 0.459. The minimum absolute atomic E-state index is 0.0298. The first-order valence-corrected chi connectivity index (χ1v) is 6.79. The Kier molecular flexibility index (Phi) is 3.65. The van der Waals surface area contributed by atoms with Gasteiger partial charge >= 0.3 is 0 Å². The topological polar surface area (TPSA) is 50.4 Å². The number of fused-ring (bicyclic) bond motifs is 1. The first-order valence-electron chi connectivity index (χ1n) is 6.79. The van der Waals surface area contributed by atoms with E-state index in [0.29, 0.717) is 23.0 Å². The van der Waals surface area contributed by atoms with Crippen molar-refractivity contribution in [3.8, 4) is 5.75 Å². The van der Waals surface area contributed by atoms with E-state index in [-0.39, 0.29) is 17.1 Å². The molecule has 0 amide bonds. The number of hydrogen-bond donors (Lipinski definition) is 1. The van der Waals surface area contributed by atoms with Crippen LogP contribution in [0.1, 0.15) is 50.0 Å². The molecule has 0 bridgehead atoms. The summed E-state index contributed by atoms with van der Waals surface area (Å²) in [6.07, 6.45) is 1.58. The number of phenols is 1. The predicted molar refractivity (Wildman–Crippen MR) is 77.0 cm³/mol. The Balaban J connectivity index is 2.90. The summed E-state index contributed by atoms with van der Waals surface area (Å²) in [7, 11) is 0. The highest BCUT2D eigenvalue weighted by Gasteiger charge is 2.18. The standard InChI is InChI=1S/C16H20O3/c1-5-9(3)15-11(6-2)14(18)12-7-8-13(17)10(4)16(12)19-15/h7-9,17H,5-6H2,1-4H3. The lowest BCUT2D eigenvalue weighted by Gasteiger charge is -2.14. The summed E-state index contributed by atoms with van der Waals surface area (Å²) >= 11 is 0. The summed E-state index contributed by atoms with van der Waals surface area (Å²) in [5.74, 6) is 1.12. The molecule has 3 heteroatoms. The smallest absolute Gasteiger partial charge is 0.196 e. The minimum atomic E-state index is 0.0298. The maximum atomic E-state index is 12.5. The van der Waals surface area contributed by atoms with Crippen LogP contribution in [0.25, 0.3) is 11.0 Å². The molecule has 0 saturated heterocycles. The summed E-state index contributed by atoms with van der Waals surface area (Å²) in [6.45, 7) is 7.87. The van der Waals surface area contributed by atoms with E-state index in [4.69, 9.17) is 4.42 Å². The van der Waals surface area contributed by atoms with Crippen molar-refractivity contribution in [1.82, 2.24) is 0 Å². The molecule has 0 spiro atoms. The van der Waals surface area contributed by atoms with Gasteiger partial charge in [-0.2, -0.15) is 0 Å². The third-order valence-electron chi connectivity index (χ3n) is 3.82. The van der Waals surface area contributed by atoms with E-state index in [0.717, 1.165) is 17.7 Å². The Hall–Kier alpha value is -1.77. The summed E-state index contributed by atoms with van der Waals surface area (Å²) in [5, 5.41) is 10.3. The summed E-state index contributed by atoms with van der Waals surface area (Å²) in [5.41, 5.74) is 1.92. The van der Waals surface area contributed by atoms with Crippen LogP contribution in [-0.2, 0) is 6.42 Å². The molecular formula is C16H20O3. The van der Waals surface area contributed by atoms with Gasteiger partial charge in [0.05, 0.1) is 5.39 Å². The van der Waals surface area contributed by atoms with Crippen LogP contribution in [0.4, 0.5) is 0 Å². The molecule has 19 heavy (non-hydrogen) atoms. The van der Waals surface area contributed by atoms with Crippen LogP contribution >= 0.6 is 0 Å². The van der Waals surface area contributed by atoms with Crippen LogP contribution in [0, 0.1) is 6.92 Å². The molecule has 1 N–H and O–H groups in total. The van der Waals surface area contributed by atoms with E-state index >= 15 is 0 Å². The fourth-order valence-corrected chi connectivity index (χ4v) is 2.36. The van der Waals surface area contributed by atoms with E-state index in [1.165, 1.54) is 0 Å². The molecule has 0 aliphatic rings. The molecule has 0 saturated carbocycles. The van der Waals surface area contributed by atoms with E-state index in [1.54, 1.807) is 19.1 Å². The van der Waals surface area contributed by atoms with Crippen LogP contribution in [0.15, 0.2) is 21.3 Å². The second kappa shape index (κ2) is 5.08. The van der Waals surface area contributed by atoms with Crippen molar-refractivity contribution in [3.05, 3.63) is 39.2 Å². The lowest BCUT2D eigenvalue weighted by Crippen LogP contribution is -2.14. The Morgan fingerprint density at radius 3 is 2.58 bits per heavy atom. The molecule has 102 valence electrons. The Morgan fingerprint density at radius 1 is 1.32 bits per heavy atom. The van der Waals surface area contributed by atoms with Crippen molar-refractivity contribution >= 4 is 11.0 Å². The van der Waals surface area contributed by atoms with Gasteiger partial charge in [0.1, 0.15) is 17.1 Å². The van der Waals surface area contributed by atoms with Gasteiger partial charge in [0.15, 0.2) is 5.43 Å². The van der Waals surface area contributed by atoms with Crippen molar-refractivity contribution in [2.24, 2.45) is 0 Å². The molecule has 0 aliphatic heterocycles. The highest BCUT2D eigenvalue weighted by atomic mass is 16.3. The van der Waals surface area contributed by atoms with Gasteiger partial charge in [-0.1, -0.05) is 20.8 Å². The minimum Gasteiger partial charge on any atom is -0.508 e. The number of aromatic hydroxyl groups is 1. The normalized spacial score (nSPS) is 12.8. The summed E-state index contributed by atoms with van der Waals surface area (Å²) in [6, 6.07) is 3.19. The molecule has 1 unspecified atom stereocenters. The molecule has 1 heterocycles. The highest BCUT2D eigenvalue weighted by Crippen LogP contribution is 2.30. The zero-order valence-corrected chi connectivity index (χ0v) is 11.9. The van der Waals surface area contributed by atoms with Crippen LogP contribution in [0.5, 0.6) is 5.75 Å². The maximum Gasteiger partial charge on any atom is 0.196 e. The molecule has 0 radical (unpaired) electrons. The van der Waals surface area contributed by atoms with Gasteiger partial charge in [-0.25, -0.2) is 0 Å². The molecule has 3 nitrogen and oxygen atoms in total. The van der Waals surface area contributed by atoms with Gasteiger partial charge in [-0.05, 0) is 31.9 Å². The summed E-state index contributed by atoms with van der Waals surface area (Å²) in [4.78, 5) is 12.5. The zero-order chi connectivity index (χ0) is 14.2.